The van der Waals surface area contributed by atoms with Crippen LogP contribution in [0.15, 0.2) is 48.9 Å². The van der Waals surface area contributed by atoms with Crippen LogP contribution in [0.25, 0.3) is 17.0 Å². The van der Waals surface area contributed by atoms with Gasteiger partial charge in [-0.05, 0) is 37.4 Å². The first-order valence-electron chi connectivity index (χ1n) is 8.46. The summed E-state index contributed by atoms with van der Waals surface area (Å²) in [6.07, 6.45) is 9.62. The first kappa shape index (κ1) is 14.4. The number of benzene rings is 1. The Labute approximate surface area is 136 Å². The summed E-state index contributed by atoms with van der Waals surface area (Å²) in [5, 5.41) is 0. The van der Waals surface area contributed by atoms with Crippen LogP contribution in [0.3, 0.4) is 0 Å². The zero-order valence-corrected chi connectivity index (χ0v) is 13.5. The van der Waals surface area contributed by atoms with Crippen LogP contribution in [0.2, 0.25) is 0 Å². The Kier molecular flexibility index (Phi) is 3.83. The Hall–Kier alpha value is -2.20. The Bertz CT molecular complexity index is 790. The van der Waals surface area contributed by atoms with Crippen LogP contribution in [0, 0.1) is 0 Å². The van der Waals surface area contributed by atoms with Crippen molar-refractivity contribution in [2.45, 2.75) is 38.8 Å². The number of hydrogen-bond acceptors (Lipinski definition) is 3. The summed E-state index contributed by atoms with van der Waals surface area (Å²) >= 11 is 0. The predicted octanol–water partition coefficient (Wildman–Crippen LogP) is 3.77. The van der Waals surface area contributed by atoms with Crippen molar-refractivity contribution in [3.8, 4) is 11.3 Å². The van der Waals surface area contributed by atoms with E-state index in [2.05, 4.69) is 46.1 Å². The van der Waals surface area contributed by atoms with Gasteiger partial charge in [0.1, 0.15) is 0 Å². The van der Waals surface area contributed by atoms with Gasteiger partial charge in [-0.2, -0.15) is 0 Å². The van der Waals surface area contributed by atoms with E-state index in [-0.39, 0.29) is 0 Å². The molecule has 1 unspecified atom stereocenters. The molecular weight excluding hydrogens is 284 g/mol. The van der Waals surface area contributed by atoms with E-state index >= 15 is 0 Å². The number of rotatable bonds is 4. The molecule has 0 N–H and O–H groups in total. The van der Waals surface area contributed by atoms with Crippen molar-refractivity contribution >= 4 is 5.78 Å². The standard InChI is InChI=1S/C19H22N4/c1-2-17-5-3-11-22(17)14-15-6-8-16(9-7-15)18-13-21-19-20-10-4-12-23(18)19/h4,6-10,12-13,17H,2-3,5,11,14H2,1H3. The van der Waals surface area contributed by atoms with Crippen molar-refractivity contribution < 1.29 is 0 Å². The van der Waals surface area contributed by atoms with Gasteiger partial charge in [-0.25, -0.2) is 9.97 Å². The molecule has 4 nitrogen and oxygen atoms in total. The topological polar surface area (TPSA) is 33.4 Å². The van der Waals surface area contributed by atoms with Gasteiger partial charge in [0.15, 0.2) is 0 Å². The van der Waals surface area contributed by atoms with Crippen molar-refractivity contribution in [2.75, 3.05) is 6.54 Å². The van der Waals surface area contributed by atoms with Crippen LogP contribution in [0.5, 0.6) is 0 Å². The van der Waals surface area contributed by atoms with Gasteiger partial charge in [0.25, 0.3) is 0 Å². The van der Waals surface area contributed by atoms with Crippen molar-refractivity contribution in [3.05, 3.63) is 54.5 Å². The van der Waals surface area contributed by atoms with E-state index in [0.29, 0.717) is 0 Å². The van der Waals surface area contributed by atoms with Gasteiger partial charge >= 0.3 is 0 Å². The third-order valence-corrected chi connectivity index (χ3v) is 4.89. The molecule has 0 aliphatic carbocycles. The van der Waals surface area contributed by atoms with Gasteiger partial charge in [-0.1, -0.05) is 31.2 Å². The molecule has 4 heteroatoms. The van der Waals surface area contributed by atoms with Crippen LogP contribution < -0.4 is 0 Å². The molecule has 1 fully saturated rings. The number of hydrogen-bond donors (Lipinski definition) is 0. The number of aromatic nitrogens is 3. The Balaban J connectivity index is 1.56. The molecule has 2 aromatic heterocycles. The molecule has 1 aromatic carbocycles. The molecule has 3 aromatic rings. The quantitative estimate of drug-likeness (QED) is 0.735. The molecule has 1 atom stereocenters. The molecule has 4 rings (SSSR count). The van der Waals surface area contributed by atoms with Crippen molar-refractivity contribution in [2.24, 2.45) is 0 Å². The summed E-state index contributed by atoms with van der Waals surface area (Å²) in [6, 6.07) is 11.6. The van der Waals surface area contributed by atoms with Crippen LogP contribution >= 0.6 is 0 Å². The summed E-state index contributed by atoms with van der Waals surface area (Å²) in [5.41, 5.74) is 3.66. The molecular formula is C19H22N4. The summed E-state index contributed by atoms with van der Waals surface area (Å²) in [5.74, 6) is 0.745. The lowest BCUT2D eigenvalue weighted by Gasteiger charge is -2.23. The normalized spacial score (nSPS) is 18.7. The molecule has 1 aliphatic heterocycles. The lowest BCUT2D eigenvalue weighted by Crippen LogP contribution is -2.28. The highest BCUT2D eigenvalue weighted by Crippen LogP contribution is 2.24. The second-order valence-corrected chi connectivity index (χ2v) is 6.30. The highest BCUT2D eigenvalue weighted by molar-refractivity contribution is 5.62. The Morgan fingerprint density at radius 3 is 2.87 bits per heavy atom. The average Bonchev–Trinajstić information content (AvgIpc) is 3.22. The molecule has 3 heterocycles. The predicted molar refractivity (Wildman–Crippen MR) is 92.1 cm³/mol. The minimum Gasteiger partial charge on any atom is -0.296 e. The lowest BCUT2D eigenvalue weighted by molar-refractivity contribution is 0.240. The molecule has 118 valence electrons. The zero-order valence-electron chi connectivity index (χ0n) is 13.5. The summed E-state index contributed by atoms with van der Waals surface area (Å²) in [7, 11) is 0. The monoisotopic (exact) mass is 306 g/mol. The summed E-state index contributed by atoms with van der Waals surface area (Å²) < 4.78 is 2.03. The van der Waals surface area contributed by atoms with E-state index in [4.69, 9.17) is 0 Å². The van der Waals surface area contributed by atoms with Crippen LogP contribution in [-0.2, 0) is 6.54 Å². The smallest absolute Gasteiger partial charge is 0.234 e. The molecule has 1 saturated heterocycles. The minimum absolute atomic E-state index is 0.745. The maximum Gasteiger partial charge on any atom is 0.234 e. The third kappa shape index (κ3) is 2.75. The van der Waals surface area contributed by atoms with Gasteiger partial charge in [0.2, 0.25) is 5.78 Å². The minimum atomic E-state index is 0.745. The van der Waals surface area contributed by atoms with Gasteiger partial charge in [-0.15, -0.1) is 0 Å². The van der Waals surface area contributed by atoms with Crippen LogP contribution in [-0.4, -0.2) is 31.9 Å². The Morgan fingerprint density at radius 1 is 1.17 bits per heavy atom. The number of likely N-dealkylation sites (tertiary alicyclic amines) is 1. The molecule has 0 radical (unpaired) electrons. The fourth-order valence-electron chi connectivity index (χ4n) is 3.62. The summed E-state index contributed by atoms with van der Waals surface area (Å²) in [6.45, 7) is 4.59. The SMILES string of the molecule is CCC1CCCN1Cc1ccc(-c2cnc3ncccn23)cc1. The van der Waals surface area contributed by atoms with Gasteiger partial charge in [0, 0.05) is 30.5 Å². The maximum absolute atomic E-state index is 4.37. The summed E-state index contributed by atoms with van der Waals surface area (Å²) in [4.78, 5) is 11.3. The lowest BCUT2D eigenvalue weighted by atomic mass is 10.1. The van der Waals surface area contributed by atoms with E-state index in [9.17, 15) is 0 Å². The molecule has 0 saturated carbocycles. The number of fused-ring (bicyclic) bond motifs is 1. The third-order valence-electron chi connectivity index (χ3n) is 4.89. The van der Waals surface area contributed by atoms with E-state index < -0.39 is 0 Å². The molecule has 0 amide bonds. The van der Waals surface area contributed by atoms with Crippen molar-refractivity contribution in [3.63, 3.8) is 0 Å². The van der Waals surface area contributed by atoms with Crippen LogP contribution in [0.1, 0.15) is 31.7 Å². The van der Waals surface area contributed by atoms with E-state index in [1.807, 2.05) is 22.9 Å². The highest BCUT2D eigenvalue weighted by Gasteiger charge is 2.22. The average molecular weight is 306 g/mol. The fraction of sp³-hybridized carbons (Fsp3) is 0.368. The van der Waals surface area contributed by atoms with E-state index in [0.717, 1.165) is 24.1 Å². The fourth-order valence-corrected chi connectivity index (χ4v) is 3.62. The molecule has 1 aliphatic rings. The number of nitrogens with zero attached hydrogens (tertiary/aromatic N) is 4. The largest absolute Gasteiger partial charge is 0.296 e. The van der Waals surface area contributed by atoms with Crippen molar-refractivity contribution in [1.29, 1.82) is 0 Å². The van der Waals surface area contributed by atoms with Gasteiger partial charge in [-0.3, -0.25) is 9.30 Å². The highest BCUT2D eigenvalue weighted by atomic mass is 15.2. The van der Waals surface area contributed by atoms with E-state index in [1.165, 1.54) is 36.9 Å². The van der Waals surface area contributed by atoms with E-state index in [1.54, 1.807) is 6.20 Å². The first-order valence-corrected chi connectivity index (χ1v) is 8.46. The second-order valence-electron chi connectivity index (χ2n) is 6.30. The zero-order chi connectivity index (χ0) is 15.6. The van der Waals surface area contributed by atoms with Gasteiger partial charge in [0.05, 0.1) is 11.9 Å². The first-order chi connectivity index (χ1) is 11.3. The Morgan fingerprint density at radius 2 is 2.04 bits per heavy atom. The molecule has 23 heavy (non-hydrogen) atoms. The molecule has 0 spiro atoms. The number of imidazole rings is 1. The maximum atomic E-state index is 4.37. The van der Waals surface area contributed by atoms with Crippen LogP contribution in [0.4, 0.5) is 0 Å². The van der Waals surface area contributed by atoms with Crippen molar-refractivity contribution in [1.82, 2.24) is 19.3 Å². The van der Waals surface area contributed by atoms with Gasteiger partial charge < -0.3 is 0 Å². The second kappa shape index (κ2) is 6.13. The molecule has 0 bridgehead atoms.